The quantitative estimate of drug-likeness (QED) is 0.775. The first-order valence-electron chi connectivity index (χ1n) is 5.73. The zero-order valence-electron chi connectivity index (χ0n) is 10.2. The molecule has 4 N–H and O–H groups in total. The highest BCUT2D eigenvalue weighted by atomic mass is 32.2. The lowest BCUT2D eigenvalue weighted by Gasteiger charge is -2.03. The maximum atomic E-state index is 11.2. The average molecular weight is 302 g/mol. The van der Waals surface area contributed by atoms with Crippen LogP contribution in [-0.4, -0.2) is 15.9 Å². The molecule has 3 rings (SSSR count). The molecule has 0 radical (unpaired) electrons. The number of thiazole rings is 1. The van der Waals surface area contributed by atoms with E-state index in [-0.39, 0.29) is 5.69 Å². The second kappa shape index (κ2) is 5.10. The Bertz CT molecular complexity index is 767. The molecule has 0 atom stereocenters. The largest absolute Gasteiger partial charge is 0.397 e. The third kappa shape index (κ3) is 2.45. The van der Waals surface area contributed by atoms with Crippen LogP contribution in [0.25, 0.3) is 10.2 Å². The molecule has 1 aromatic carbocycles. The summed E-state index contributed by atoms with van der Waals surface area (Å²) in [6.45, 7) is 0. The van der Waals surface area contributed by atoms with Crippen molar-refractivity contribution in [1.82, 2.24) is 9.97 Å². The van der Waals surface area contributed by atoms with Crippen LogP contribution < -0.4 is 11.5 Å². The van der Waals surface area contributed by atoms with Gasteiger partial charge in [-0.3, -0.25) is 4.79 Å². The molecular weight excluding hydrogens is 292 g/mol. The van der Waals surface area contributed by atoms with Crippen LogP contribution in [0.5, 0.6) is 0 Å². The van der Waals surface area contributed by atoms with Gasteiger partial charge in [0.05, 0.1) is 15.9 Å². The number of carbonyl (C=O) groups excluding carboxylic acids is 1. The lowest BCUT2D eigenvalue weighted by Crippen LogP contribution is -2.13. The minimum Gasteiger partial charge on any atom is -0.397 e. The molecule has 0 saturated carbocycles. The molecule has 2 heterocycles. The summed E-state index contributed by atoms with van der Waals surface area (Å²) in [5, 5.41) is 0.542. The Balaban J connectivity index is 1.97. The van der Waals surface area contributed by atoms with Crippen LogP contribution >= 0.6 is 23.1 Å². The molecule has 2 aromatic heterocycles. The molecule has 0 aliphatic carbocycles. The first-order valence-corrected chi connectivity index (χ1v) is 7.36. The van der Waals surface area contributed by atoms with Gasteiger partial charge in [0.2, 0.25) is 0 Å². The summed E-state index contributed by atoms with van der Waals surface area (Å²) in [5.41, 5.74) is 12.7. The highest BCUT2D eigenvalue weighted by molar-refractivity contribution is 8.01. The number of pyridine rings is 1. The third-order valence-corrected chi connectivity index (χ3v) is 4.72. The maximum absolute atomic E-state index is 11.2. The SMILES string of the molecule is NC(=O)c1ccc(N)c(Sc2nc3ccccc3s2)n1. The summed E-state index contributed by atoms with van der Waals surface area (Å²) in [7, 11) is 0. The molecule has 7 heteroatoms. The number of nitrogen functional groups attached to an aromatic ring is 1. The summed E-state index contributed by atoms with van der Waals surface area (Å²) >= 11 is 2.89. The van der Waals surface area contributed by atoms with E-state index in [1.165, 1.54) is 17.8 Å². The first-order chi connectivity index (χ1) is 9.63. The molecule has 0 unspecified atom stereocenters. The van der Waals surface area contributed by atoms with Gasteiger partial charge in [-0.1, -0.05) is 12.1 Å². The minimum absolute atomic E-state index is 0.197. The number of para-hydroxylation sites is 1. The van der Waals surface area contributed by atoms with Crippen LogP contribution in [-0.2, 0) is 0 Å². The van der Waals surface area contributed by atoms with Gasteiger partial charge in [-0.2, -0.15) is 0 Å². The number of aromatic nitrogens is 2. The Morgan fingerprint density at radius 3 is 2.70 bits per heavy atom. The monoisotopic (exact) mass is 302 g/mol. The van der Waals surface area contributed by atoms with Gasteiger partial charge in [0.25, 0.3) is 5.91 Å². The number of primary amides is 1. The molecule has 1 amide bonds. The second-order valence-corrected chi connectivity index (χ2v) is 6.27. The van der Waals surface area contributed by atoms with Crippen molar-refractivity contribution in [3.05, 3.63) is 42.1 Å². The van der Waals surface area contributed by atoms with Gasteiger partial charge >= 0.3 is 0 Å². The van der Waals surface area contributed by atoms with Crippen molar-refractivity contribution < 1.29 is 4.79 Å². The first kappa shape index (κ1) is 12.9. The molecule has 5 nitrogen and oxygen atoms in total. The van der Waals surface area contributed by atoms with Crippen molar-refractivity contribution in [2.75, 3.05) is 5.73 Å². The number of anilines is 1. The van der Waals surface area contributed by atoms with Gasteiger partial charge in [-0.15, -0.1) is 11.3 Å². The molecule has 0 spiro atoms. The zero-order valence-corrected chi connectivity index (χ0v) is 11.9. The molecule has 0 fully saturated rings. The minimum atomic E-state index is -0.573. The van der Waals surface area contributed by atoms with Crippen molar-refractivity contribution in [1.29, 1.82) is 0 Å². The van der Waals surface area contributed by atoms with Crippen LogP contribution in [0.15, 0.2) is 45.8 Å². The summed E-state index contributed by atoms with van der Waals surface area (Å²) < 4.78 is 1.92. The van der Waals surface area contributed by atoms with Gasteiger partial charge in [0.15, 0.2) is 4.34 Å². The fraction of sp³-hybridized carbons (Fsp3) is 0. The number of benzene rings is 1. The lowest BCUT2D eigenvalue weighted by molar-refractivity contribution is 0.0995. The molecule has 3 aromatic rings. The van der Waals surface area contributed by atoms with Crippen molar-refractivity contribution in [3.63, 3.8) is 0 Å². The molecular formula is C13H10N4OS2. The van der Waals surface area contributed by atoms with E-state index in [0.29, 0.717) is 10.7 Å². The number of nitrogens with zero attached hydrogens (tertiary/aromatic N) is 2. The van der Waals surface area contributed by atoms with E-state index in [4.69, 9.17) is 11.5 Å². The van der Waals surface area contributed by atoms with Crippen LogP contribution in [0.3, 0.4) is 0 Å². The number of hydrogen-bond donors (Lipinski definition) is 2. The van der Waals surface area contributed by atoms with E-state index in [9.17, 15) is 4.79 Å². The Kier molecular flexibility index (Phi) is 3.29. The van der Waals surface area contributed by atoms with Crippen molar-refractivity contribution >= 4 is 44.9 Å². The van der Waals surface area contributed by atoms with Crippen LogP contribution in [0.1, 0.15) is 10.5 Å². The predicted octanol–water partition coefficient (Wildman–Crippen LogP) is 2.52. The summed E-state index contributed by atoms with van der Waals surface area (Å²) in [6, 6.07) is 11.0. The van der Waals surface area contributed by atoms with Gasteiger partial charge < -0.3 is 11.5 Å². The van der Waals surface area contributed by atoms with Crippen molar-refractivity contribution in [3.8, 4) is 0 Å². The number of hydrogen-bond acceptors (Lipinski definition) is 6. The number of rotatable bonds is 3. The molecule has 0 bridgehead atoms. The normalized spacial score (nSPS) is 10.8. The van der Waals surface area contributed by atoms with E-state index < -0.39 is 5.91 Å². The smallest absolute Gasteiger partial charge is 0.267 e. The average Bonchev–Trinajstić information content (AvgIpc) is 2.83. The van der Waals surface area contributed by atoms with Crippen LogP contribution in [0.2, 0.25) is 0 Å². The van der Waals surface area contributed by atoms with Gasteiger partial charge in [0.1, 0.15) is 10.7 Å². The van der Waals surface area contributed by atoms with E-state index in [0.717, 1.165) is 14.6 Å². The van der Waals surface area contributed by atoms with E-state index in [1.54, 1.807) is 17.4 Å². The highest BCUT2D eigenvalue weighted by Crippen LogP contribution is 2.35. The summed E-state index contributed by atoms with van der Waals surface area (Å²) in [6.07, 6.45) is 0. The van der Waals surface area contributed by atoms with Gasteiger partial charge in [0, 0.05) is 0 Å². The molecule has 0 aliphatic heterocycles. The van der Waals surface area contributed by atoms with E-state index in [2.05, 4.69) is 9.97 Å². The van der Waals surface area contributed by atoms with Crippen molar-refractivity contribution in [2.45, 2.75) is 9.37 Å². The Labute approximate surface area is 123 Å². The Morgan fingerprint density at radius 1 is 1.15 bits per heavy atom. The molecule has 0 saturated heterocycles. The second-order valence-electron chi connectivity index (χ2n) is 4.00. The predicted molar refractivity (Wildman–Crippen MR) is 80.9 cm³/mol. The summed E-state index contributed by atoms with van der Waals surface area (Å²) in [4.78, 5) is 19.8. The van der Waals surface area contributed by atoms with E-state index in [1.807, 2.05) is 24.3 Å². The molecule has 0 aliphatic rings. The maximum Gasteiger partial charge on any atom is 0.267 e. The van der Waals surface area contributed by atoms with Gasteiger partial charge in [-0.05, 0) is 36.0 Å². The molecule has 20 heavy (non-hydrogen) atoms. The fourth-order valence-electron chi connectivity index (χ4n) is 1.65. The number of carbonyl (C=O) groups is 1. The van der Waals surface area contributed by atoms with Crippen LogP contribution in [0, 0.1) is 0 Å². The third-order valence-electron chi connectivity index (χ3n) is 2.60. The number of fused-ring (bicyclic) bond motifs is 1. The molecule has 100 valence electrons. The highest BCUT2D eigenvalue weighted by Gasteiger charge is 2.11. The van der Waals surface area contributed by atoms with Crippen LogP contribution in [0.4, 0.5) is 5.69 Å². The van der Waals surface area contributed by atoms with Crippen molar-refractivity contribution in [2.24, 2.45) is 5.73 Å². The number of amides is 1. The Hall–Kier alpha value is -2.12. The Morgan fingerprint density at radius 2 is 1.95 bits per heavy atom. The standard InChI is InChI=1S/C13H10N4OS2/c14-7-5-6-9(11(15)18)16-12(7)20-13-17-8-3-1-2-4-10(8)19-13/h1-6H,14H2,(H2,15,18). The topological polar surface area (TPSA) is 94.9 Å². The zero-order chi connectivity index (χ0) is 14.1. The number of nitrogens with two attached hydrogens (primary N) is 2. The van der Waals surface area contributed by atoms with E-state index >= 15 is 0 Å². The summed E-state index contributed by atoms with van der Waals surface area (Å²) in [5.74, 6) is -0.573. The fourth-order valence-corrected chi connectivity index (χ4v) is 3.66. The lowest BCUT2D eigenvalue weighted by atomic mass is 10.3. The van der Waals surface area contributed by atoms with Gasteiger partial charge in [-0.25, -0.2) is 9.97 Å².